The molecule has 10 heteroatoms. The molecule has 2 atom stereocenters. The number of carbonyl (C=O) groups excluding carboxylic acids is 2. The number of halogens is 1. The van der Waals surface area contributed by atoms with Crippen molar-refractivity contribution in [2.24, 2.45) is 10.3 Å². The molecule has 9 nitrogen and oxygen atoms in total. The van der Waals surface area contributed by atoms with Gasteiger partial charge in [-0.05, 0) is 24.3 Å². The Labute approximate surface area is 163 Å². The number of hydrogen-bond acceptors (Lipinski definition) is 8. The smallest absolute Gasteiger partial charge is 0.263 e. The molecule has 0 spiro atoms. The fourth-order valence-electron chi connectivity index (χ4n) is 3.36. The maximum atomic E-state index is 13.2. The molecule has 0 saturated carbocycles. The van der Waals surface area contributed by atoms with Gasteiger partial charge in [0.1, 0.15) is 12.4 Å². The molecule has 5 rings (SSSR count). The monoisotopic (exact) mass is 392 g/mol. The third-order valence-corrected chi connectivity index (χ3v) is 4.74. The van der Waals surface area contributed by atoms with Gasteiger partial charge in [0.2, 0.25) is 11.7 Å². The molecule has 1 aromatic heterocycles. The number of aromatic nitrogens is 2. The van der Waals surface area contributed by atoms with Gasteiger partial charge in [-0.1, -0.05) is 40.7 Å². The number of nitrogens with zero attached hydrogens (tertiary/aromatic N) is 6. The number of amides is 2. The Kier molecular flexibility index (Phi) is 3.90. The van der Waals surface area contributed by atoms with E-state index < -0.39 is 29.7 Å². The molecular weight excluding hydrogens is 379 g/mol. The average molecular weight is 392 g/mol. The van der Waals surface area contributed by atoms with E-state index >= 15 is 0 Å². The van der Waals surface area contributed by atoms with Crippen molar-refractivity contribution in [3.05, 3.63) is 66.3 Å². The number of fused-ring (bicyclic) bond motifs is 1. The van der Waals surface area contributed by atoms with Gasteiger partial charge in [0.15, 0.2) is 12.1 Å². The third-order valence-electron chi connectivity index (χ3n) is 4.74. The fraction of sp³-hybridized carbons (Fsp3) is 0.158. The molecule has 1 saturated heterocycles. The lowest BCUT2D eigenvalue weighted by atomic mass is 10.1. The summed E-state index contributed by atoms with van der Waals surface area (Å²) in [4.78, 5) is 30.9. The van der Waals surface area contributed by atoms with E-state index in [1.807, 2.05) is 30.3 Å². The van der Waals surface area contributed by atoms with Crippen LogP contribution < -0.4 is 4.90 Å². The fourth-order valence-corrected chi connectivity index (χ4v) is 3.36. The molecule has 2 amide bonds. The zero-order valence-electron chi connectivity index (χ0n) is 14.8. The largest absolute Gasteiger partial charge is 0.337 e. The van der Waals surface area contributed by atoms with Gasteiger partial charge in [-0.25, -0.2) is 9.29 Å². The molecule has 2 aromatic carbocycles. The summed E-state index contributed by atoms with van der Waals surface area (Å²) in [7, 11) is 0. The van der Waals surface area contributed by atoms with Crippen LogP contribution in [0.5, 0.6) is 0 Å². The second kappa shape index (κ2) is 6.59. The van der Waals surface area contributed by atoms with Crippen LogP contribution in [0.2, 0.25) is 0 Å². The van der Waals surface area contributed by atoms with E-state index in [2.05, 4.69) is 20.5 Å². The molecule has 3 aromatic rings. The number of anilines is 1. The summed E-state index contributed by atoms with van der Waals surface area (Å²) in [5, 5.41) is 13.2. The van der Waals surface area contributed by atoms with Crippen molar-refractivity contribution in [1.29, 1.82) is 0 Å². The van der Waals surface area contributed by atoms with Gasteiger partial charge in [-0.3, -0.25) is 14.6 Å². The predicted molar refractivity (Wildman–Crippen MR) is 96.6 cm³/mol. The van der Waals surface area contributed by atoms with E-state index in [0.29, 0.717) is 5.82 Å². The van der Waals surface area contributed by atoms with Crippen LogP contribution in [-0.4, -0.2) is 39.0 Å². The Bertz CT molecular complexity index is 1110. The summed E-state index contributed by atoms with van der Waals surface area (Å²) in [5.41, 5.74) is 1.08. The summed E-state index contributed by atoms with van der Waals surface area (Å²) in [6.07, 6.45) is 0. The van der Waals surface area contributed by atoms with E-state index in [-0.39, 0.29) is 18.1 Å². The number of imide groups is 1. The number of hydrogen-bond donors (Lipinski definition) is 0. The molecular formula is C19H13FN6O3. The van der Waals surface area contributed by atoms with Gasteiger partial charge in [0.05, 0.1) is 5.69 Å². The van der Waals surface area contributed by atoms with Crippen molar-refractivity contribution >= 4 is 17.5 Å². The van der Waals surface area contributed by atoms with Crippen LogP contribution in [0.15, 0.2) is 69.5 Å². The second-order valence-electron chi connectivity index (χ2n) is 6.56. The zero-order chi connectivity index (χ0) is 20.0. The van der Waals surface area contributed by atoms with Crippen molar-refractivity contribution in [3.63, 3.8) is 0 Å². The van der Waals surface area contributed by atoms with E-state index in [1.165, 1.54) is 29.3 Å². The van der Waals surface area contributed by atoms with Gasteiger partial charge in [-0.2, -0.15) is 10.1 Å². The highest BCUT2D eigenvalue weighted by atomic mass is 19.1. The summed E-state index contributed by atoms with van der Waals surface area (Å²) >= 11 is 0. The van der Waals surface area contributed by atoms with E-state index in [4.69, 9.17) is 4.52 Å². The van der Waals surface area contributed by atoms with Gasteiger partial charge >= 0.3 is 0 Å². The highest BCUT2D eigenvalue weighted by Crippen LogP contribution is 2.32. The standard InChI is InChI=1S/C19H13FN6O3/c20-12-6-8-13(9-7-12)26-18(27)15-16(19(26)28)25(24-22-15)10-14-21-17(23-29-14)11-4-2-1-3-5-11/h1-9,15-16H,10H2/t15-,16+/m1/s1. The van der Waals surface area contributed by atoms with E-state index in [0.717, 1.165) is 10.5 Å². The average Bonchev–Trinajstić information content (AvgIpc) is 3.43. The Morgan fingerprint density at radius 2 is 1.76 bits per heavy atom. The molecule has 3 heterocycles. The Morgan fingerprint density at radius 3 is 2.52 bits per heavy atom. The lowest BCUT2D eigenvalue weighted by Crippen LogP contribution is -2.39. The molecule has 0 unspecified atom stereocenters. The van der Waals surface area contributed by atoms with Crippen molar-refractivity contribution in [2.45, 2.75) is 18.6 Å². The minimum Gasteiger partial charge on any atom is -0.337 e. The number of rotatable bonds is 4. The molecule has 2 aliphatic heterocycles. The van der Waals surface area contributed by atoms with Crippen LogP contribution in [0, 0.1) is 5.82 Å². The quantitative estimate of drug-likeness (QED) is 0.632. The third kappa shape index (κ3) is 2.85. The minimum atomic E-state index is -0.955. The first-order valence-corrected chi connectivity index (χ1v) is 8.80. The number of carbonyl (C=O) groups is 2. The zero-order valence-corrected chi connectivity index (χ0v) is 14.8. The summed E-state index contributed by atoms with van der Waals surface area (Å²) in [6.45, 7) is 0.0285. The molecule has 0 aliphatic carbocycles. The van der Waals surface area contributed by atoms with Crippen LogP contribution in [-0.2, 0) is 16.1 Å². The molecule has 0 N–H and O–H groups in total. The van der Waals surface area contributed by atoms with Crippen LogP contribution in [0.1, 0.15) is 5.89 Å². The highest BCUT2D eigenvalue weighted by Gasteiger charge is 2.55. The second-order valence-corrected chi connectivity index (χ2v) is 6.56. The van der Waals surface area contributed by atoms with Crippen LogP contribution in [0.4, 0.5) is 10.1 Å². The first-order chi connectivity index (χ1) is 14.1. The normalized spacial score (nSPS) is 20.6. The summed E-state index contributed by atoms with van der Waals surface area (Å²) in [6, 6.07) is 12.6. The first kappa shape index (κ1) is 17.2. The van der Waals surface area contributed by atoms with Crippen molar-refractivity contribution < 1.29 is 18.5 Å². The summed E-state index contributed by atoms with van der Waals surface area (Å²) < 4.78 is 18.4. The van der Waals surface area contributed by atoms with Crippen molar-refractivity contribution in [2.75, 3.05) is 4.90 Å². The lowest BCUT2D eigenvalue weighted by molar-refractivity contribution is -0.123. The minimum absolute atomic E-state index is 0.0285. The van der Waals surface area contributed by atoms with E-state index in [1.54, 1.807) is 0 Å². The first-order valence-electron chi connectivity index (χ1n) is 8.80. The van der Waals surface area contributed by atoms with Gasteiger partial charge in [0, 0.05) is 5.56 Å². The Balaban J connectivity index is 1.37. The van der Waals surface area contributed by atoms with Gasteiger partial charge < -0.3 is 4.52 Å². The van der Waals surface area contributed by atoms with Crippen molar-refractivity contribution in [3.8, 4) is 11.4 Å². The molecule has 29 heavy (non-hydrogen) atoms. The van der Waals surface area contributed by atoms with Crippen LogP contribution in [0.3, 0.4) is 0 Å². The molecule has 1 fully saturated rings. The van der Waals surface area contributed by atoms with Crippen molar-refractivity contribution in [1.82, 2.24) is 15.1 Å². The number of benzene rings is 2. The topological polar surface area (TPSA) is 104 Å². The van der Waals surface area contributed by atoms with E-state index in [9.17, 15) is 14.0 Å². The Hall–Kier alpha value is -3.95. The maximum absolute atomic E-state index is 13.2. The highest BCUT2D eigenvalue weighted by molar-refractivity contribution is 6.25. The van der Waals surface area contributed by atoms with Gasteiger partial charge in [0.25, 0.3) is 11.8 Å². The molecule has 2 aliphatic rings. The maximum Gasteiger partial charge on any atom is 0.263 e. The molecule has 0 radical (unpaired) electrons. The summed E-state index contributed by atoms with van der Waals surface area (Å²) in [5.74, 6) is -0.799. The molecule has 0 bridgehead atoms. The lowest BCUT2D eigenvalue weighted by Gasteiger charge is -2.19. The Morgan fingerprint density at radius 1 is 1.00 bits per heavy atom. The van der Waals surface area contributed by atoms with Gasteiger partial charge in [-0.15, -0.1) is 0 Å². The van der Waals surface area contributed by atoms with Crippen LogP contribution >= 0.6 is 0 Å². The predicted octanol–water partition coefficient (Wildman–Crippen LogP) is 2.37. The molecule has 144 valence electrons. The van der Waals surface area contributed by atoms with Crippen LogP contribution in [0.25, 0.3) is 11.4 Å². The SMILES string of the molecule is O=C1[C@@H]2[C@@H](N=NN2Cc2nc(-c3ccccc3)no2)C(=O)N1c1ccc(F)cc1.